The Balaban J connectivity index is 1.67. The molecule has 0 radical (unpaired) electrons. The molecule has 32 heavy (non-hydrogen) atoms. The number of nitrogens with one attached hydrogen (secondary N) is 1. The van der Waals surface area contributed by atoms with Gasteiger partial charge in [0, 0.05) is 21.8 Å². The second-order valence-corrected chi connectivity index (χ2v) is 10.2. The summed E-state index contributed by atoms with van der Waals surface area (Å²) >= 11 is 5.09. The summed E-state index contributed by atoms with van der Waals surface area (Å²) < 4.78 is 6.64. The fourth-order valence-corrected chi connectivity index (χ4v) is 5.97. The lowest BCUT2D eigenvalue weighted by atomic mass is 9.85. The lowest BCUT2D eigenvalue weighted by Crippen LogP contribution is -2.48. The highest BCUT2D eigenvalue weighted by Gasteiger charge is 2.43. The summed E-state index contributed by atoms with van der Waals surface area (Å²) in [5.74, 6) is 3.73. The number of nitrogens with zero attached hydrogens (tertiary/aromatic N) is 1. The van der Waals surface area contributed by atoms with E-state index in [1.165, 1.54) is 6.42 Å². The highest BCUT2D eigenvalue weighted by Crippen LogP contribution is 2.43. The predicted molar refractivity (Wildman–Crippen MR) is 136 cm³/mol. The van der Waals surface area contributed by atoms with Gasteiger partial charge in [0.25, 0.3) is 5.91 Å². The number of hydrogen-bond acceptors (Lipinski definition) is 4. The van der Waals surface area contributed by atoms with Crippen LogP contribution in [0.3, 0.4) is 0 Å². The van der Waals surface area contributed by atoms with Crippen LogP contribution in [0.25, 0.3) is 6.08 Å². The maximum Gasteiger partial charge on any atom is 0.262 e. The third kappa shape index (κ3) is 5.16. The van der Waals surface area contributed by atoms with E-state index < -0.39 is 0 Å². The first-order chi connectivity index (χ1) is 15.6. The summed E-state index contributed by atoms with van der Waals surface area (Å²) in [6.45, 7) is 2.45. The molecule has 3 atom stereocenters. The lowest BCUT2D eigenvalue weighted by Gasteiger charge is -2.39. The van der Waals surface area contributed by atoms with Crippen LogP contribution < -0.4 is 10.1 Å². The van der Waals surface area contributed by atoms with Gasteiger partial charge >= 0.3 is 0 Å². The zero-order chi connectivity index (χ0) is 22.5. The van der Waals surface area contributed by atoms with Crippen LogP contribution in [-0.2, 0) is 4.79 Å². The average Bonchev–Trinajstić information content (AvgIpc) is 3.09. The molecular weight excluding hydrogens is 484 g/mol. The van der Waals surface area contributed by atoms with E-state index in [4.69, 9.17) is 11.2 Å². The number of amides is 1. The van der Waals surface area contributed by atoms with Crippen molar-refractivity contribution in [1.82, 2.24) is 4.90 Å². The number of carbonyl (C=O) groups excluding carboxylic acids is 1. The molecule has 2 aliphatic rings. The SMILES string of the molecule is C#CCOc1ccc(Br)cc1/C=C1\SC(Nc2ccccc2)N([C@H]2CCCC[C@H]2C)C1=O. The van der Waals surface area contributed by atoms with Gasteiger partial charge in [0.05, 0.1) is 4.91 Å². The van der Waals surface area contributed by atoms with Crippen molar-refractivity contribution in [2.24, 2.45) is 5.92 Å². The molecule has 1 unspecified atom stereocenters. The number of halogens is 1. The van der Waals surface area contributed by atoms with Crippen molar-refractivity contribution in [3.05, 3.63) is 63.5 Å². The first-order valence-electron chi connectivity index (χ1n) is 10.9. The van der Waals surface area contributed by atoms with E-state index in [1.807, 2.05) is 54.6 Å². The Bertz CT molecular complexity index is 1030. The molecule has 0 bridgehead atoms. The van der Waals surface area contributed by atoms with Gasteiger partial charge < -0.3 is 15.0 Å². The molecule has 1 aliphatic carbocycles. The smallest absolute Gasteiger partial charge is 0.262 e. The maximum atomic E-state index is 13.7. The van der Waals surface area contributed by atoms with Crippen molar-refractivity contribution >= 4 is 45.4 Å². The Morgan fingerprint density at radius 3 is 2.78 bits per heavy atom. The van der Waals surface area contributed by atoms with Crippen molar-refractivity contribution in [1.29, 1.82) is 0 Å². The number of carbonyl (C=O) groups is 1. The van der Waals surface area contributed by atoms with Crippen LogP contribution in [-0.4, -0.2) is 29.0 Å². The van der Waals surface area contributed by atoms with Crippen molar-refractivity contribution in [2.45, 2.75) is 44.1 Å². The number of rotatable bonds is 6. The second-order valence-electron chi connectivity index (χ2n) is 8.21. The summed E-state index contributed by atoms with van der Waals surface area (Å²) in [5.41, 5.74) is 1.69. The minimum atomic E-state index is -0.149. The first-order valence-corrected chi connectivity index (χ1v) is 12.6. The van der Waals surface area contributed by atoms with E-state index in [9.17, 15) is 4.79 Å². The van der Waals surface area contributed by atoms with Gasteiger partial charge in [-0.25, -0.2) is 0 Å². The molecule has 1 saturated heterocycles. The molecule has 1 amide bonds. The largest absolute Gasteiger partial charge is 0.480 e. The minimum absolute atomic E-state index is 0.0741. The number of anilines is 1. The van der Waals surface area contributed by atoms with Crippen LogP contribution in [0.5, 0.6) is 5.75 Å². The average molecular weight is 511 g/mol. The zero-order valence-corrected chi connectivity index (χ0v) is 20.5. The summed E-state index contributed by atoms with van der Waals surface area (Å²) in [7, 11) is 0. The number of thioether (sulfide) groups is 1. The molecule has 4 nitrogen and oxygen atoms in total. The maximum absolute atomic E-state index is 13.7. The molecule has 4 rings (SSSR count). The molecule has 166 valence electrons. The number of hydrogen-bond donors (Lipinski definition) is 1. The fourth-order valence-electron chi connectivity index (χ4n) is 4.39. The fraction of sp³-hybridized carbons (Fsp3) is 0.346. The normalized spacial score (nSPS) is 24.4. The molecule has 1 heterocycles. The molecule has 2 aromatic rings. The van der Waals surface area contributed by atoms with Gasteiger partial charge in [-0.15, -0.1) is 6.42 Å². The zero-order valence-electron chi connectivity index (χ0n) is 18.1. The molecule has 2 fully saturated rings. The Labute approximate surface area is 202 Å². The van der Waals surface area contributed by atoms with E-state index >= 15 is 0 Å². The van der Waals surface area contributed by atoms with Gasteiger partial charge in [-0.3, -0.25) is 4.79 Å². The molecule has 1 N–H and O–H groups in total. The third-order valence-electron chi connectivity index (χ3n) is 5.99. The van der Waals surface area contributed by atoms with Gasteiger partial charge in [-0.05, 0) is 55.2 Å². The Morgan fingerprint density at radius 2 is 2.03 bits per heavy atom. The van der Waals surface area contributed by atoms with Crippen molar-refractivity contribution in [3.8, 4) is 18.1 Å². The molecule has 1 saturated carbocycles. The highest BCUT2D eigenvalue weighted by atomic mass is 79.9. The van der Waals surface area contributed by atoms with E-state index in [1.54, 1.807) is 11.8 Å². The van der Waals surface area contributed by atoms with Crippen LogP contribution >= 0.6 is 27.7 Å². The Morgan fingerprint density at radius 1 is 1.25 bits per heavy atom. The topological polar surface area (TPSA) is 41.6 Å². The summed E-state index contributed by atoms with van der Waals surface area (Å²) in [6, 6.07) is 16.1. The van der Waals surface area contributed by atoms with Crippen LogP contribution in [0, 0.1) is 18.3 Å². The quantitative estimate of drug-likeness (QED) is 0.363. The lowest BCUT2D eigenvalue weighted by molar-refractivity contribution is -0.129. The van der Waals surface area contributed by atoms with Crippen molar-refractivity contribution in [2.75, 3.05) is 11.9 Å². The van der Waals surface area contributed by atoms with Crippen LogP contribution in [0.4, 0.5) is 5.69 Å². The van der Waals surface area contributed by atoms with Crippen LogP contribution in [0.2, 0.25) is 0 Å². The van der Waals surface area contributed by atoms with E-state index in [2.05, 4.69) is 39.0 Å². The van der Waals surface area contributed by atoms with Gasteiger partial charge in [0.15, 0.2) is 5.50 Å². The van der Waals surface area contributed by atoms with Gasteiger partial charge in [-0.1, -0.05) is 71.6 Å². The number of ether oxygens (including phenoxy) is 1. The van der Waals surface area contributed by atoms with E-state index in [0.717, 1.165) is 35.0 Å². The third-order valence-corrected chi connectivity index (χ3v) is 7.60. The van der Waals surface area contributed by atoms with Crippen molar-refractivity contribution in [3.63, 3.8) is 0 Å². The van der Waals surface area contributed by atoms with Crippen LogP contribution in [0.15, 0.2) is 57.9 Å². The van der Waals surface area contributed by atoms with Gasteiger partial charge in [0.1, 0.15) is 12.4 Å². The molecule has 0 aromatic heterocycles. The van der Waals surface area contributed by atoms with E-state index in [-0.39, 0.29) is 24.1 Å². The van der Waals surface area contributed by atoms with E-state index in [0.29, 0.717) is 16.6 Å². The van der Waals surface area contributed by atoms with Crippen molar-refractivity contribution < 1.29 is 9.53 Å². The molecule has 0 spiro atoms. The molecular formula is C26H27BrN2O2S. The summed E-state index contributed by atoms with van der Waals surface area (Å²) in [5, 5.41) is 3.58. The highest BCUT2D eigenvalue weighted by molar-refractivity contribution is 9.10. The molecule has 6 heteroatoms. The number of benzene rings is 2. The predicted octanol–water partition coefficient (Wildman–Crippen LogP) is 6.35. The van der Waals surface area contributed by atoms with Gasteiger partial charge in [0.2, 0.25) is 0 Å². The minimum Gasteiger partial charge on any atom is -0.480 e. The second kappa shape index (κ2) is 10.5. The number of terminal acetylenes is 1. The monoisotopic (exact) mass is 510 g/mol. The number of para-hydroxylation sites is 1. The van der Waals surface area contributed by atoms with Crippen LogP contribution in [0.1, 0.15) is 38.2 Å². The Hall–Kier alpha value is -2.36. The summed E-state index contributed by atoms with van der Waals surface area (Å²) in [6.07, 6.45) is 11.9. The molecule has 1 aliphatic heterocycles. The Kier molecular flexibility index (Phi) is 7.49. The van der Waals surface area contributed by atoms with Gasteiger partial charge in [-0.2, -0.15) is 0 Å². The standard InChI is InChI=1S/C26H27BrN2O2S/c1-3-15-31-23-14-13-20(27)16-19(23)17-24-25(30)29(22-12-8-7-9-18(22)2)26(32-24)28-21-10-5-4-6-11-21/h1,4-6,10-11,13-14,16-18,22,26,28H,7-9,12,15H2,2H3/b24-17-/t18-,22+,26?/m1/s1. The summed E-state index contributed by atoms with van der Waals surface area (Å²) in [4.78, 5) is 16.4. The first kappa shape index (κ1) is 22.8. The molecule has 2 aromatic carbocycles.